The van der Waals surface area contributed by atoms with Crippen LogP contribution in [0.5, 0.6) is 0 Å². The van der Waals surface area contributed by atoms with Crippen molar-refractivity contribution in [2.24, 2.45) is 0 Å². The van der Waals surface area contributed by atoms with Crippen molar-refractivity contribution in [3.8, 4) is 0 Å². The fraction of sp³-hybridized carbons (Fsp3) is 0.417. The van der Waals surface area contributed by atoms with Gasteiger partial charge >= 0.3 is 0 Å². The number of nitrogen functional groups attached to an aromatic ring is 1. The third kappa shape index (κ3) is 2.81. The molecule has 1 aliphatic rings. The van der Waals surface area contributed by atoms with Crippen LogP contribution in [0.15, 0.2) is 17.6 Å². The third-order valence-corrected chi connectivity index (χ3v) is 4.75. The minimum atomic E-state index is -0.0537. The largest absolute Gasteiger partial charge is 0.396 e. The van der Waals surface area contributed by atoms with Crippen LogP contribution in [0, 0.1) is 0 Å². The van der Waals surface area contributed by atoms with Crippen LogP contribution in [0.25, 0.3) is 0 Å². The number of rotatable bonds is 6. The van der Waals surface area contributed by atoms with Gasteiger partial charge in [0, 0.05) is 12.6 Å². The minimum absolute atomic E-state index is 0.0537. The van der Waals surface area contributed by atoms with Crippen LogP contribution in [-0.4, -0.2) is 24.7 Å². The van der Waals surface area contributed by atoms with Gasteiger partial charge < -0.3 is 16.4 Å². The molecule has 0 bridgehead atoms. The Morgan fingerprint density at radius 1 is 1.67 bits per heavy atom. The molecule has 4 nitrogen and oxygen atoms in total. The summed E-state index contributed by atoms with van der Waals surface area (Å²) in [7, 11) is 0. The summed E-state index contributed by atoms with van der Waals surface area (Å²) in [6.45, 7) is 4.33. The van der Waals surface area contributed by atoms with Crippen LogP contribution in [0.1, 0.15) is 22.5 Å². The highest BCUT2D eigenvalue weighted by molar-refractivity contribution is 7.99. The first-order chi connectivity index (χ1) is 8.67. The number of amides is 1. The van der Waals surface area contributed by atoms with E-state index in [1.165, 1.54) is 11.3 Å². The van der Waals surface area contributed by atoms with Gasteiger partial charge in [-0.3, -0.25) is 4.79 Å². The Morgan fingerprint density at radius 2 is 2.39 bits per heavy atom. The van der Waals surface area contributed by atoms with Crippen LogP contribution in [0.3, 0.4) is 0 Å². The molecule has 4 N–H and O–H groups in total. The Bertz CT molecular complexity index is 466. The van der Waals surface area contributed by atoms with Crippen molar-refractivity contribution in [3.63, 3.8) is 0 Å². The fourth-order valence-corrected chi connectivity index (χ4v) is 3.51. The molecule has 98 valence electrons. The number of nitrogens with one attached hydrogen (secondary N) is 2. The summed E-state index contributed by atoms with van der Waals surface area (Å²) in [5.74, 6) is -0.0537. The number of thioether (sulfide) groups is 1. The SMILES string of the molecule is C=CCNc1sc(C(=O)NC2CC2)c(N)c1SC. The molecule has 0 saturated heterocycles. The summed E-state index contributed by atoms with van der Waals surface area (Å²) in [5.41, 5.74) is 6.63. The maximum absolute atomic E-state index is 12.0. The third-order valence-electron chi connectivity index (χ3n) is 2.63. The van der Waals surface area contributed by atoms with Gasteiger partial charge in [-0.15, -0.1) is 29.7 Å². The highest BCUT2D eigenvalue weighted by Gasteiger charge is 2.27. The fourth-order valence-electron chi connectivity index (χ4n) is 1.56. The van der Waals surface area contributed by atoms with E-state index in [1.807, 2.05) is 6.26 Å². The van der Waals surface area contributed by atoms with Gasteiger partial charge in [0.05, 0.1) is 10.6 Å². The molecule has 0 spiro atoms. The Kier molecular flexibility index (Phi) is 4.19. The normalized spacial score (nSPS) is 14.3. The second kappa shape index (κ2) is 5.67. The average molecular weight is 283 g/mol. The number of hydrogen-bond acceptors (Lipinski definition) is 5. The lowest BCUT2D eigenvalue weighted by Crippen LogP contribution is -2.25. The van der Waals surface area contributed by atoms with Crippen molar-refractivity contribution in [1.82, 2.24) is 5.32 Å². The molecule has 18 heavy (non-hydrogen) atoms. The quantitative estimate of drug-likeness (QED) is 0.554. The number of hydrogen-bond donors (Lipinski definition) is 3. The van der Waals surface area contributed by atoms with Crippen molar-refractivity contribution < 1.29 is 4.79 Å². The van der Waals surface area contributed by atoms with E-state index >= 15 is 0 Å². The molecule has 1 fully saturated rings. The molecule has 1 saturated carbocycles. The van der Waals surface area contributed by atoms with Crippen molar-refractivity contribution >= 4 is 39.7 Å². The molecule has 0 radical (unpaired) electrons. The van der Waals surface area contributed by atoms with Gasteiger partial charge in [0.2, 0.25) is 0 Å². The maximum Gasteiger partial charge on any atom is 0.263 e. The summed E-state index contributed by atoms with van der Waals surface area (Å²) < 4.78 is 0. The van der Waals surface area contributed by atoms with E-state index in [4.69, 9.17) is 5.73 Å². The standard InChI is InChI=1S/C12H17N3OS2/c1-3-6-14-12-10(17-2)8(13)9(18-12)11(16)15-7-4-5-7/h3,7,14H,1,4-6,13H2,2H3,(H,15,16). The Hall–Kier alpha value is -1.14. The van der Waals surface area contributed by atoms with E-state index in [1.54, 1.807) is 17.8 Å². The van der Waals surface area contributed by atoms with Crippen molar-refractivity contribution in [2.75, 3.05) is 23.9 Å². The molecule has 1 aliphatic carbocycles. The monoisotopic (exact) mass is 283 g/mol. The van der Waals surface area contributed by atoms with Crippen LogP contribution >= 0.6 is 23.1 Å². The number of anilines is 2. The summed E-state index contributed by atoms with van der Waals surface area (Å²) in [4.78, 5) is 13.6. The second-order valence-corrected chi connectivity index (χ2v) is 5.96. The van der Waals surface area contributed by atoms with Crippen molar-refractivity contribution in [1.29, 1.82) is 0 Å². The zero-order chi connectivity index (χ0) is 13.1. The predicted octanol–water partition coefficient (Wildman–Crippen LogP) is 2.54. The summed E-state index contributed by atoms with van der Waals surface area (Å²) in [6.07, 6.45) is 5.89. The molecule has 1 heterocycles. The number of carbonyl (C=O) groups excluding carboxylic acids is 1. The van der Waals surface area contributed by atoms with Crippen LogP contribution < -0.4 is 16.4 Å². The van der Waals surface area contributed by atoms with E-state index in [2.05, 4.69) is 17.2 Å². The van der Waals surface area contributed by atoms with Gasteiger partial charge in [-0.25, -0.2) is 0 Å². The summed E-state index contributed by atoms with van der Waals surface area (Å²) >= 11 is 2.97. The van der Waals surface area contributed by atoms with Gasteiger partial charge in [-0.2, -0.15) is 0 Å². The molecule has 0 aromatic carbocycles. The molecule has 0 aliphatic heterocycles. The zero-order valence-corrected chi connectivity index (χ0v) is 11.9. The summed E-state index contributed by atoms with van der Waals surface area (Å²) in [5, 5.41) is 7.13. The first kappa shape index (κ1) is 13.3. The van der Waals surface area contributed by atoms with E-state index in [0.717, 1.165) is 22.7 Å². The van der Waals surface area contributed by atoms with Gasteiger partial charge in [0.1, 0.15) is 9.88 Å². The molecule has 1 amide bonds. The minimum Gasteiger partial charge on any atom is -0.396 e. The number of thiophene rings is 1. The van der Waals surface area contributed by atoms with Gasteiger partial charge in [0.15, 0.2) is 0 Å². The predicted molar refractivity (Wildman–Crippen MR) is 79.7 cm³/mol. The van der Waals surface area contributed by atoms with Crippen LogP contribution in [-0.2, 0) is 0 Å². The van der Waals surface area contributed by atoms with E-state index in [0.29, 0.717) is 23.2 Å². The molecule has 2 rings (SSSR count). The first-order valence-corrected chi connectivity index (χ1v) is 7.83. The average Bonchev–Trinajstić information content (AvgIpc) is 3.10. The molecular weight excluding hydrogens is 266 g/mol. The van der Waals surface area contributed by atoms with Crippen molar-refractivity contribution in [3.05, 3.63) is 17.5 Å². The van der Waals surface area contributed by atoms with Crippen LogP contribution in [0.4, 0.5) is 10.7 Å². The smallest absolute Gasteiger partial charge is 0.263 e. The van der Waals surface area contributed by atoms with E-state index < -0.39 is 0 Å². The zero-order valence-electron chi connectivity index (χ0n) is 10.3. The van der Waals surface area contributed by atoms with Crippen LogP contribution in [0.2, 0.25) is 0 Å². The van der Waals surface area contributed by atoms with Crippen molar-refractivity contribution in [2.45, 2.75) is 23.8 Å². The van der Waals surface area contributed by atoms with E-state index in [-0.39, 0.29) is 5.91 Å². The maximum atomic E-state index is 12.0. The number of nitrogens with two attached hydrogens (primary N) is 1. The highest BCUT2D eigenvalue weighted by atomic mass is 32.2. The molecule has 6 heteroatoms. The lowest BCUT2D eigenvalue weighted by Gasteiger charge is -2.02. The van der Waals surface area contributed by atoms with Gasteiger partial charge in [0.25, 0.3) is 5.91 Å². The van der Waals surface area contributed by atoms with Gasteiger partial charge in [-0.1, -0.05) is 6.08 Å². The molecule has 1 aromatic heterocycles. The second-order valence-electron chi connectivity index (χ2n) is 4.12. The molecule has 1 aromatic rings. The molecule has 0 atom stereocenters. The summed E-state index contributed by atoms with van der Waals surface area (Å²) in [6, 6.07) is 0.348. The Labute approximate surface area is 115 Å². The lowest BCUT2D eigenvalue weighted by atomic mass is 10.3. The Morgan fingerprint density at radius 3 is 2.94 bits per heavy atom. The molecule has 0 unspecified atom stereocenters. The number of carbonyl (C=O) groups is 1. The first-order valence-electron chi connectivity index (χ1n) is 5.79. The molecular formula is C12H17N3OS2. The highest BCUT2D eigenvalue weighted by Crippen LogP contribution is 2.41. The Balaban J connectivity index is 2.20. The van der Waals surface area contributed by atoms with E-state index in [9.17, 15) is 4.79 Å². The van der Waals surface area contributed by atoms with Gasteiger partial charge in [-0.05, 0) is 19.1 Å². The topological polar surface area (TPSA) is 67.2 Å². The lowest BCUT2D eigenvalue weighted by molar-refractivity contribution is 0.0956.